The van der Waals surface area contributed by atoms with Gasteiger partial charge in [0.1, 0.15) is 0 Å². The minimum absolute atomic E-state index is 0.165. The fourth-order valence-corrected chi connectivity index (χ4v) is 9.61. The molecule has 268 valence electrons. The lowest BCUT2D eigenvalue weighted by Crippen LogP contribution is -2.14. The van der Waals surface area contributed by atoms with Crippen molar-refractivity contribution < 1.29 is 0 Å². The molecule has 0 aliphatic heterocycles. The second kappa shape index (κ2) is 11.8. The quantitative estimate of drug-likeness (QED) is 0.181. The van der Waals surface area contributed by atoms with Crippen LogP contribution in [0.25, 0.3) is 99.9 Å². The van der Waals surface area contributed by atoms with Crippen LogP contribution in [0.2, 0.25) is 0 Å². The molecule has 0 fully saturated rings. The fraction of sp³-hybridized carbons (Fsp3) is 0.0577. The Balaban J connectivity index is 1.29. The molecule has 0 spiro atoms. The molecule has 1 aliphatic rings. The summed E-state index contributed by atoms with van der Waals surface area (Å²) in [4.78, 5) is 15.8. The summed E-state index contributed by atoms with van der Waals surface area (Å²) in [5.41, 5.74) is 12.5. The molecule has 0 radical (unpaired) electrons. The molecule has 5 heteroatoms. The van der Waals surface area contributed by atoms with E-state index in [0.29, 0.717) is 17.6 Å². The lowest BCUT2D eigenvalue weighted by molar-refractivity contribution is 0.661. The molecular weight excluding hydrogens is 695 g/mol. The maximum absolute atomic E-state index is 5.34. The number of fused-ring (bicyclic) bond motifs is 12. The van der Waals surface area contributed by atoms with Crippen LogP contribution in [0, 0.1) is 0 Å². The summed E-state index contributed by atoms with van der Waals surface area (Å²) in [5.74, 6) is 1.84. The zero-order valence-electron chi connectivity index (χ0n) is 31.5. The van der Waals surface area contributed by atoms with Gasteiger partial charge in [-0.05, 0) is 51.9 Å². The van der Waals surface area contributed by atoms with E-state index in [1.54, 1.807) is 0 Å². The normalized spacial score (nSPS) is 13.2. The zero-order valence-corrected chi connectivity index (χ0v) is 31.5. The maximum atomic E-state index is 5.34. The third-order valence-corrected chi connectivity index (χ3v) is 12.2. The fourth-order valence-electron chi connectivity index (χ4n) is 9.61. The van der Waals surface area contributed by atoms with Gasteiger partial charge < -0.3 is 4.57 Å². The lowest BCUT2D eigenvalue weighted by Gasteiger charge is -2.21. The highest BCUT2D eigenvalue weighted by Crippen LogP contribution is 2.54. The Morgan fingerprint density at radius 2 is 0.947 bits per heavy atom. The predicted molar refractivity (Wildman–Crippen MR) is 234 cm³/mol. The second-order valence-corrected chi connectivity index (χ2v) is 15.6. The third-order valence-electron chi connectivity index (χ3n) is 12.2. The highest BCUT2D eigenvalue weighted by molar-refractivity contribution is 6.28. The van der Waals surface area contributed by atoms with Crippen molar-refractivity contribution in [1.29, 1.82) is 0 Å². The SMILES string of the molecule is CC1(C)c2ccccc2-c2c1ccc1c2c2c3ccccc3c(-n3c4ccccc4c4ccccc43)cc2n1-c1nc(-c2ccccc2)nc(-c2ccccc2)n1. The summed E-state index contributed by atoms with van der Waals surface area (Å²) >= 11 is 0. The number of aromatic nitrogens is 5. The van der Waals surface area contributed by atoms with Crippen molar-refractivity contribution in [2.75, 3.05) is 0 Å². The molecule has 0 saturated carbocycles. The molecule has 0 saturated heterocycles. The topological polar surface area (TPSA) is 48.5 Å². The van der Waals surface area contributed by atoms with Gasteiger partial charge >= 0.3 is 0 Å². The Kier molecular flexibility index (Phi) is 6.62. The smallest absolute Gasteiger partial charge is 0.238 e. The highest BCUT2D eigenvalue weighted by atomic mass is 15.2. The molecule has 0 N–H and O–H groups in total. The van der Waals surface area contributed by atoms with Crippen LogP contribution < -0.4 is 0 Å². The molecule has 3 aromatic heterocycles. The average Bonchev–Trinajstić information content (AvgIpc) is 3.87. The van der Waals surface area contributed by atoms with Gasteiger partial charge in [-0.15, -0.1) is 0 Å². The van der Waals surface area contributed by atoms with Crippen LogP contribution in [0.5, 0.6) is 0 Å². The van der Waals surface area contributed by atoms with E-state index in [-0.39, 0.29) is 5.41 Å². The van der Waals surface area contributed by atoms with Gasteiger partial charge in [0.05, 0.1) is 27.8 Å². The van der Waals surface area contributed by atoms with Crippen LogP contribution in [0.3, 0.4) is 0 Å². The van der Waals surface area contributed by atoms with Gasteiger partial charge in [0.25, 0.3) is 0 Å². The van der Waals surface area contributed by atoms with Gasteiger partial charge in [-0.3, -0.25) is 4.57 Å². The molecule has 57 heavy (non-hydrogen) atoms. The number of benzene rings is 8. The van der Waals surface area contributed by atoms with E-state index in [9.17, 15) is 0 Å². The van der Waals surface area contributed by atoms with E-state index >= 15 is 0 Å². The molecule has 12 rings (SSSR count). The standard InChI is InChI=1S/C52H35N5/c1-52(2)39-26-14-11-25-38(39)46-40(52)29-30-43-48(46)47-37-24-10-9-23-36(37)44(56-41-27-15-12-21-34(41)35-22-13-16-28-42(35)56)31-45(47)57(43)51-54-49(32-17-5-3-6-18-32)53-50(55-51)33-19-7-4-8-20-33/h3-31H,1-2H3. The molecule has 3 heterocycles. The predicted octanol–water partition coefficient (Wildman–Crippen LogP) is 12.9. The lowest BCUT2D eigenvalue weighted by atomic mass is 9.82. The van der Waals surface area contributed by atoms with Crippen LogP contribution >= 0.6 is 0 Å². The largest absolute Gasteiger partial charge is 0.309 e. The van der Waals surface area contributed by atoms with Gasteiger partial charge in [-0.25, -0.2) is 4.98 Å². The Bertz CT molecular complexity index is 3320. The molecule has 0 amide bonds. The summed E-state index contributed by atoms with van der Waals surface area (Å²) in [7, 11) is 0. The van der Waals surface area contributed by atoms with Crippen molar-refractivity contribution in [2.45, 2.75) is 19.3 Å². The zero-order chi connectivity index (χ0) is 37.8. The van der Waals surface area contributed by atoms with E-state index < -0.39 is 0 Å². The van der Waals surface area contributed by atoms with Gasteiger partial charge in [0, 0.05) is 43.5 Å². The Morgan fingerprint density at radius 1 is 0.404 bits per heavy atom. The van der Waals surface area contributed by atoms with Crippen LogP contribution in [0.1, 0.15) is 25.0 Å². The first-order valence-electron chi connectivity index (χ1n) is 19.6. The van der Waals surface area contributed by atoms with E-state index in [1.807, 2.05) is 36.4 Å². The van der Waals surface area contributed by atoms with Crippen LogP contribution in [0.15, 0.2) is 176 Å². The molecular formula is C52H35N5. The van der Waals surface area contributed by atoms with E-state index in [4.69, 9.17) is 15.0 Å². The molecule has 0 atom stereocenters. The minimum atomic E-state index is -0.165. The van der Waals surface area contributed by atoms with Crippen molar-refractivity contribution in [3.8, 4) is 45.5 Å². The van der Waals surface area contributed by atoms with Crippen molar-refractivity contribution in [3.63, 3.8) is 0 Å². The van der Waals surface area contributed by atoms with Gasteiger partial charge in [-0.2, -0.15) is 9.97 Å². The molecule has 0 bridgehead atoms. The van der Waals surface area contributed by atoms with E-state index in [0.717, 1.165) is 27.8 Å². The molecule has 8 aromatic carbocycles. The first-order chi connectivity index (χ1) is 28.1. The van der Waals surface area contributed by atoms with Crippen molar-refractivity contribution >= 4 is 54.4 Å². The first-order valence-corrected chi connectivity index (χ1v) is 19.6. The summed E-state index contributed by atoms with van der Waals surface area (Å²) < 4.78 is 4.73. The number of rotatable bonds is 4. The summed E-state index contributed by atoms with van der Waals surface area (Å²) in [5, 5.41) is 7.24. The Labute approximate surface area is 329 Å². The Morgan fingerprint density at radius 3 is 1.60 bits per heavy atom. The maximum Gasteiger partial charge on any atom is 0.238 e. The van der Waals surface area contributed by atoms with E-state index in [1.165, 1.54) is 65.6 Å². The van der Waals surface area contributed by atoms with Crippen LogP contribution in [0.4, 0.5) is 0 Å². The van der Waals surface area contributed by atoms with Crippen LogP contribution in [-0.2, 0) is 5.41 Å². The summed E-state index contributed by atoms with van der Waals surface area (Å²) in [6.45, 7) is 4.71. The first kappa shape index (κ1) is 31.9. The van der Waals surface area contributed by atoms with Crippen molar-refractivity contribution in [2.24, 2.45) is 0 Å². The second-order valence-electron chi connectivity index (χ2n) is 15.6. The number of hydrogen-bond donors (Lipinski definition) is 0. The van der Waals surface area contributed by atoms with Crippen molar-refractivity contribution in [1.82, 2.24) is 24.1 Å². The molecule has 5 nitrogen and oxygen atoms in total. The van der Waals surface area contributed by atoms with Gasteiger partial charge in [0.2, 0.25) is 5.95 Å². The number of para-hydroxylation sites is 2. The Hall–Kier alpha value is -7.37. The average molecular weight is 730 g/mol. The minimum Gasteiger partial charge on any atom is -0.309 e. The molecule has 0 unspecified atom stereocenters. The van der Waals surface area contributed by atoms with Gasteiger partial charge in [0.15, 0.2) is 11.6 Å². The van der Waals surface area contributed by atoms with E-state index in [2.05, 4.69) is 163 Å². The number of hydrogen-bond acceptors (Lipinski definition) is 3. The monoisotopic (exact) mass is 729 g/mol. The third kappa shape index (κ3) is 4.48. The summed E-state index contributed by atoms with van der Waals surface area (Å²) in [6.07, 6.45) is 0. The summed E-state index contributed by atoms with van der Waals surface area (Å²) in [6, 6.07) is 62.8. The van der Waals surface area contributed by atoms with Gasteiger partial charge in [-0.1, -0.05) is 166 Å². The molecule has 1 aliphatic carbocycles. The highest BCUT2D eigenvalue weighted by Gasteiger charge is 2.38. The number of nitrogens with zero attached hydrogens (tertiary/aromatic N) is 5. The molecule has 11 aromatic rings. The van der Waals surface area contributed by atoms with Crippen molar-refractivity contribution in [3.05, 3.63) is 187 Å². The van der Waals surface area contributed by atoms with Crippen LogP contribution in [-0.4, -0.2) is 24.1 Å².